The van der Waals surface area contributed by atoms with Crippen LogP contribution in [0.1, 0.15) is 336 Å². The average Bonchev–Trinajstić information content (AvgIpc) is 0.918. The smallest absolute Gasteiger partial charge is 0.462 e. The highest BCUT2D eigenvalue weighted by atomic mass is 31.2. The molecule has 0 aliphatic heterocycles. The molecule has 17 nitrogen and oxygen atoms in total. The summed E-state index contributed by atoms with van der Waals surface area (Å²) in [6.45, 7) is 4.65. The molecular weight excluding hydrogens is 1350 g/mol. The van der Waals surface area contributed by atoms with E-state index in [-0.39, 0.29) is 25.7 Å². The first-order valence-corrected chi connectivity index (χ1v) is 43.8. The zero-order valence-corrected chi connectivity index (χ0v) is 67.2. The Kier molecular flexibility index (Phi) is 73.3. The van der Waals surface area contributed by atoms with E-state index in [0.717, 1.165) is 180 Å². The third-order valence-corrected chi connectivity index (χ3v) is 18.8. The number of hydrogen-bond acceptors (Lipinski definition) is 15. The molecule has 104 heavy (non-hydrogen) atoms. The number of rotatable bonds is 76. The maximum atomic E-state index is 13.1. The van der Waals surface area contributed by atoms with Gasteiger partial charge in [-0.25, -0.2) is 9.13 Å². The van der Waals surface area contributed by atoms with Crippen molar-refractivity contribution in [2.45, 2.75) is 354 Å². The molecule has 0 aromatic heterocycles. The van der Waals surface area contributed by atoms with Gasteiger partial charge in [0.2, 0.25) is 0 Å². The van der Waals surface area contributed by atoms with Crippen molar-refractivity contribution in [3.63, 3.8) is 0 Å². The lowest BCUT2D eigenvalue weighted by atomic mass is 10.1. The van der Waals surface area contributed by atoms with Crippen LogP contribution in [0.3, 0.4) is 0 Å². The second-order valence-electron chi connectivity index (χ2n) is 27.0. The molecule has 5 atom stereocenters. The van der Waals surface area contributed by atoms with Gasteiger partial charge < -0.3 is 33.8 Å². The van der Waals surface area contributed by atoms with Crippen LogP contribution in [0.4, 0.5) is 0 Å². The Morgan fingerprint density at radius 2 is 0.500 bits per heavy atom. The lowest BCUT2D eigenvalue weighted by molar-refractivity contribution is -0.161. The minimum Gasteiger partial charge on any atom is -0.462 e. The molecule has 0 aliphatic carbocycles. The zero-order valence-electron chi connectivity index (χ0n) is 65.4. The molecule has 0 heterocycles. The molecule has 0 aromatic rings. The summed E-state index contributed by atoms with van der Waals surface area (Å²) >= 11 is 0. The van der Waals surface area contributed by atoms with E-state index in [1.54, 1.807) is 0 Å². The first-order valence-electron chi connectivity index (χ1n) is 40.8. The molecule has 3 unspecified atom stereocenters. The Morgan fingerprint density at radius 1 is 0.279 bits per heavy atom. The predicted octanol–water partition coefficient (Wildman–Crippen LogP) is 23.9. The predicted molar refractivity (Wildman–Crippen MR) is 427 cm³/mol. The number of ether oxygens (including phenoxy) is 4. The summed E-state index contributed by atoms with van der Waals surface area (Å²) in [5, 5.41) is 10.6. The second-order valence-corrected chi connectivity index (χ2v) is 29.9. The number of carbonyl (C=O) groups is 4. The highest BCUT2D eigenvalue weighted by Crippen LogP contribution is 2.45. The van der Waals surface area contributed by atoms with Gasteiger partial charge in [-0.15, -0.1) is 0 Å². The Labute approximate surface area is 632 Å². The number of allylic oxidation sites excluding steroid dienone is 20. The van der Waals surface area contributed by atoms with Crippen molar-refractivity contribution in [3.8, 4) is 0 Å². The van der Waals surface area contributed by atoms with E-state index in [1.165, 1.54) is 77.0 Å². The molecule has 0 spiro atoms. The first kappa shape index (κ1) is 99.5. The van der Waals surface area contributed by atoms with Crippen molar-refractivity contribution < 1.29 is 80.2 Å². The normalized spacial score (nSPS) is 14.5. The van der Waals surface area contributed by atoms with Gasteiger partial charge in [0.25, 0.3) is 0 Å². The van der Waals surface area contributed by atoms with E-state index >= 15 is 0 Å². The van der Waals surface area contributed by atoms with Crippen molar-refractivity contribution >= 4 is 39.5 Å². The average molecular weight is 1500 g/mol. The van der Waals surface area contributed by atoms with E-state index in [1.807, 2.05) is 0 Å². The summed E-state index contributed by atoms with van der Waals surface area (Å²) in [5.74, 6) is -2.24. The maximum Gasteiger partial charge on any atom is 0.472 e. The van der Waals surface area contributed by atoms with Crippen molar-refractivity contribution in [2.75, 3.05) is 39.6 Å². The Balaban J connectivity index is 5.42. The third-order valence-electron chi connectivity index (χ3n) is 16.9. The van der Waals surface area contributed by atoms with Crippen LogP contribution in [0, 0.1) is 0 Å². The fourth-order valence-corrected chi connectivity index (χ4v) is 12.2. The summed E-state index contributed by atoms with van der Waals surface area (Å²) < 4.78 is 68.6. The largest absolute Gasteiger partial charge is 0.472 e. The van der Waals surface area contributed by atoms with Gasteiger partial charge in [0.1, 0.15) is 19.3 Å². The molecule has 0 bridgehead atoms. The summed E-state index contributed by atoms with van der Waals surface area (Å²) in [7, 11) is -9.98. The van der Waals surface area contributed by atoms with Gasteiger partial charge in [0, 0.05) is 25.7 Å². The second kappa shape index (κ2) is 76.6. The summed E-state index contributed by atoms with van der Waals surface area (Å²) in [4.78, 5) is 73.1. The monoisotopic (exact) mass is 1500 g/mol. The van der Waals surface area contributed by atoms with Gasteiger partial charge in [-0.2, -0.15) is 0 Å². The van der Waals surface area contributed by atoms with Crippen LogP contribution in [0.25, 0.3) is 0 Å². The highest BCUT2D eigenvalue weighted by Gasteiger charge is 2.30. The molecule has 0 saturated heterocycles. The lowest BCUT2D eigenvalue weighted by Crippen LogP contribution is -2.30. The van der Waals surface area contributed by atoms with Gasteiger partial charge >= 0.3 is 39.5 Å². The van der Waals surface area contributed by atoms with Gasteiger partial charge in [-0.1, -0.05) is 271 Å². The molecule has 0 radical (unpaired) electrons. The van der Waals surface area contributed by atoms with Crippen LogP contribution < -0.4 is 0 Å². The molecule has 3 N–H and O–H groups in total. The van der Waals surface area contributed by atoms with E-state index in [0.29, 0.717) is 25.7 Å². The number of hydrogen-bond donors (Lipinski definition) is 3. The van der Waals surface area contributed by atoms with E-state index in [4.69, 9.17) is 37.0 Å². The van der Waals surface area contributed by atoms with Crippen molar-refractivity contribution in [2.24, 2.45) is 0 Å². The van der Waals surface area contributed by atoms with Gasteiger partial charge in [0.05, 0.1) is 26.4 Å². The van der Waals surface area contributed by atoms with Crippen LogP contribution >= 0.6 is 15.6 Å². The molecule has 0 fully saturated rings. The fourth-order valence-electron chi connectivity index (χ4n) is 10.7. The topological polar surface area (TPSA) is 237 Å². The van der Waals surface area contributed by atoms with Crippen molar-refractivity contribution in [1.29, 1.82) is 0 Å². The summed E-state index contributed by atoms with van der Waals surface area (Å²) in [6, 6.07) is 0. The molecule has 0 aliphatic rings. The Bertz CT molecular complexity index is 2440. The maximum absolute atomic E-state index is 13.1. The Morgan fingerprint density at radius 3 is 0.808 bits per heavy atom. The van der Waals surface area contributed by atoms with Gasteiger partial charge in [-0.05, 0) is 161 Å². The Hall–Kier alpha value is -4.54. The number of esters is 4. The number of aliphatic hydroxyl groups is 1. The van der Waals surface area contributed by atoms with Crippen LogP contribution in [0.15, 0.2) is 122 Å². The molecular formula is C85H146O17P2. The molecule has 19 heteroatoms. The van der Waals surface area contributed by atoms with E-state index in [2.05, 4.69) is 149 Å². The van der Waals surface area contributed by atoms with E-state index in [9.17, 15) is 43.2 Å². The minimum atomic E-state index is -4.99. The van der Waals surface area contributed by atoms with Crippen molar-refractivity contribution in [3.05, 3.63) is 122 Å². The SMILES string of the molecule is CCC=CCC=CCC=CCC=CCC=CCCCCCC(=O)OC[C@H](COP(=O)(O)OCC(O)COP(=O)(O)OC[C@@H](COC(=O)CCCCCCCC=CCC=CCCCCC)OC(=O)CCCCCCCC=CCCCCCCCC)OC(=O)CCCCCCCC=CCC=CCCCCC. The quantitative estimate of drug-likeness (QED) is 0.0169. The van der Waals surface area contributed by atoms with E-state index < -0.39 is 97.5 Å². The van der Waals surface area contributed by atoms with Crippen molar-refractivity contribution in [1.82, 2.24) is 0 Å². The van der Waals surface area contributed by atoms with Gasteiger partial charge in [0.15, 0.2) is 12.2 Å². The zero-order chi connectivity index (χ0) is 76.0. The number of unbranched alkanes of at least 4 members (excludes halogenated alkanes) is 30. The molecule has 0 amide bonds. The number of phosphoric ester groups is 2. The molecule has 598 valence electrons. The summed E-state index contributed by atoms with van der Waals surface area (Å²) in [5.41, 5.74) is 0. The number of carbonyl (C=O) groups excluding carboxylic acids is 4. The first-order chi connectivity index (χ1) is 50.7. The lowest BCUT2D eigenvalue weighted by Gasteiger charge is -2.21. The van der Waals surface area contributed by atoms with Crippen LogP contribution in [0.2, 0.25) is 0 Å². The van der Waals surface area contributed by atoms with Crippen LogP contribution in [0.5, 0.6) is 0 Å². The molecule has 0 saturated carbocycles. The summed E-state index contributed by atoms with van der Waals surface area (Å²) in [6.07, 6.45) is 84.5. The number of phosphoric acid groups is 2. The third kappa shape index (κ3) is 75.7. The number of aliphatic hydroxyl groups excluding tert-OH is 1. The minimum absolute atomic E-state index is 0.0688. The molecule has 0 aromatic carbocycles. The highest BCUT2D eigenvalue weighted by molar-refractivity contribution is 7.47. The van der Waals surface area contributed by atoms with Gasteiger partial charge in [-0.3, -0.25) is 37.3 Å². The molecule has 0 rings (SSSR count). The standard InChI is InChI=1S/C85H146O17P2/c1-5-9-13-17-21-25-29-33-37-38-39-40-44-46-50-54-58-62-66-70-83(88)96-76-81(102-85(90)72-68-64-60-56-52-48-43-36-32-28-24-20-16-12-8-4)78-100-104(93,94)98-74-79(86)73-97-103(91,92)99-77-80(101-84(89)71-67-63-59-55-51-47-42-35-31-27-23-19-15-11-7-3)75-95-82(87)69-65-61-57-53-49-45-41-34-30-26-22-18-14-10-6-2/h9,13,21-22,24-26,28,33-37,39-43,46,50,79-81,86H,5-8,10-12,14-20,23,27,29-32,38,44-45,47-49,51-78H2,1-4H3,(H,91,92)(H,93,94)/t79?,80-,81-/m1/s1. The van der Waals surface area contributed by atoms with Crippen LogP contribution in [-0.4, -0.2) is 96.7 Å². The fraction of sp³-hybridized carbons (Fsp3) is 0.718. The van der Waals surface area contributed by atoms with Crippen LogP contribution in [-0.2, 0) is 65.4 Å².